The van der Waals surface area contributed by atoms with Gasteiger partial charge in [-0.1, -0.05) is 0 Å². The molecular formula is C15H12F2O4. The average Bonchev–Trinajstić information content (AvgIpc) is 2.46. The molecular weight excluding hydrogens is 282 g/mol. The highest BCUT2D eigenvalue weighted by Gasteiger charge is 2.11. The van der Waals surface area contributed by atoms with E-state index in [4.69, 9.17) is 14.6 Å². The summed E-state index contributed by atoms with van der Waals surface area (Å²) in [6.45, 7) is -0.104. The van der Waals surface area contributed by atoms with Gasteiger partial charge in [-0.15, -0.1) is 0 Å². The van der Waals surface area contributed by atoms with Crippen molar-refractivity contribution in [2.45, 2.75) is 6.61 Å². The number of carboxylic acids is 1. The second kappa shape index (κ2) is 6.21. The van der Waals surface area contributed by atoms with E-state index in [0.717, 1.165) is 12.1 Å². The van der Waals surface area contributed by atoms with Crippen LogP contribution in [0.5, 0.6) is 11.5 Å². The molecule has 1 N–H and O–H groups in total. The minimum Gasteiger partial charge on any atom is -0.496 e. The fraction of sp³-hybridized carbons (Fsp3) is 0.133. The zero-order valence-electron chi connectivity index (χ0n) is 11.1. The Labute approximate surface area is 119 Å². The summed E-state index contributed by atoms with van der Waals surface area (Å²) in [5, 5.41) is 8.95. The third-order valence-electron chi connectivity index (χ3n) is 2.80. The molecule has 0 aliphatic carbocycles. The smallest absolute Gasteiger partial charge is 0.335 e. The fourth-order valence-electron chi connectivity index (χ4n) is 1.77. The number of aromatic carboxylic acids is 1. The van der Waals surface area contributed by atoms with Crippen molar-refractivity contribution >= 4 is 5.97 Å². The topological polar surface area (TPSA) is 55.8 Å². The molecule has 0 saturated carbocycles. The van der Waals surface area contributed by atoms with Crippen molar-refractivity contribution in [2.75, 3.05) is 7.11 Å². The Kier molecular flexibility index (Phi) is 4.37. The Morgan fingerprint density at radius 2 is 1.86 bits per heavy atom. The molecule has 2 aromatic rings. The first-order valence-corrected chi connectivity index (χ1v) is 5.99. The van der Waals surface area contributed by atoms with E-state index in [0.29, 0.717) is 17.4 Å². The van der Waals surface area contributed by atoms with Gasteiger partial charge < -0.3 is 14.6 Å². The van der Waals surface area contributed by atoms with Crippen LogP contribution in [0.2, 0.25) is 0 Å². The molecule has 0 atom stereocenters. The van der Waals surface area contributed by atoms with Crippen molar-refractivity contribution in [3.8, 4) is 11.5 Å². The van der Waals surface area contributed by atoms with Crippen LogP contribution in [-0.2, 0) is 6.61 Å². The first kappa shape index (κ1) is 14.8. The van der Waals surface area contributed by atoms with Gasteiger partial charge in [0, 0.05) is 11.6 Å². The molecule has 110 valence electrons. The molecule has 6 heteroatoms. The maximum absolute atomic E-state index is 13.5. The van der Waals surface area contributed by atoms with Gasteiger partial charge in [-0.2, -0.15) is 0 Å². The van der Waals surface area contributed by atoms with Gasteiger partial charge in [0.25, 0.3) is 0 Å². The fourth-order valence-corrected chi connectivity index (χ4v) is 1.77. The highest BCUT2D eigenvalue weighted by atomic mass is 19.1. The van der Waals surface area contributed by atoms with Crippen LogP contribution in [0, 0.1) is 11.6 Å². The van der Waals surface area contributed by atoms with E-state index < -0.39 is 17.6 Å². The third-order valence-corrected chi connectivity index (χ3v) is 2.80. The first-order valence-electron chi connectivity index (χ1n) is 5.99. The summed E-state index contributed by atoms with van der Waals surface area (Å²) in [6, 6.07) is 7.21. The molecule has 4 nitrogen and oxygen atoms in total. The van der Waals surface area contributed by atoms with Crippen LogP contribution < -0.4 is 9.47 Å². The summed E-state index contributed by atoms with van der Waals surface area (Å²) in [4.78, 5) is 10.9. The predicted octanol–water partition coefficient (Wildman–Crippen LogP) is 3.25. The van der Waals surface area contributed by atoms with Gasteiger partial charge in [0.15, 0.2) is 11.6 Å². The van der Waals surface area contributed by atoms with Crippen molar-refractivity contribution < 1.29 is 28.2 Å². The summed E-state index contributed by atoms with van der Waals surface area (Å²) in [5.74, 6) is -2.33. The lowest BCUT2D eigenvalue weighted by Crippen LogP contribution is -2.03. The molecule has 21 heavy (non-hydrogen) atoms. The van der Waals surface area contributed by atoms with Crippen molar-refractivity contribution in [1.82, 2.24) is 0 Å². The van der Waals surface area contributed by atoms with Gasteiger partial charge in [0.05, 0.1) is 12.7 Å². The van der Waals surface area contributed by atoms with Crippen LogP contribution in [0.15, 0.2) is 36.4 Å². The predicted molar refractivity (Wildman–Crippen MR) is 70.6 cm³/mol. The molecule has 0 amide bonds. The Morgan fingerprint density at radius 3 is 2.48 bits per heavy atom. The lowest BCUT2D eigenvalue weighted by Gasteiger charge is -2.11. The molecule has 2 rings (SSSR count). The van der Waals surface area contributed by atoms with Gasteiger partial charge in [-0.25, -0.2) is 13.6 Å². The van der Waals surface area contributed by atoms with E-state index in [9.17, 15) is 13.6 Å². The van der Waals surface area contributed by atoms with Crippen LogP contribution in [0.3, 0.4) is 0 Å². The van der Waals surface area contributed by atoms with Crippen molar-refractivity contribution in [3.05, 3.63) is 59.2 Å². The van der Waals surface area contributed by atoms with E-state index in [2.05, 4.69) is 0 Å². The first-order chi connectivity index (χ1) is 10.0. The van der Waals surface area contributed by atoms with Gasteiger partial charge in [0.1, 0.15) is 18.2 Å². The molecule has 0 spiro atoms. The Morgan fingerprint density at radius 1 is 1.14 bits per heavy atom. The quantitative estimate of drug-likeness (QED) is 0.919. The van der Waals surface area contributed by atoms with Crippen LogP contribution in [0.1, 0.15) is 15.9 Å². The van der Waals surface area contributed by atoms with Crippen LogP contribution in [0.25, 0.3) is 0 Å². The van der Waals surface area contributed by atoms with Crippen molar-refractivity contribution in [2.24, 2.45) is 0 Å². The highest BCUT2D eigenvalue weighted by molar-refractivity contribution is 5.88. The minimum atomic E-state index is -1.09. The summed E-state index contributed by atoms with van der Waals surface area (Å²) < 4.78 is 36.6. The summed E-state index contributed by atoms with van der Waals surface area (Å²) in [6.07, 6.45) is 0. The molecule has 0 radical (unpaired) electrons. The molecule has 0 aliphatic heterocycles. The normalized spacial score (nSPS) is 10.2. The third kappa shape index (κ3) is 3.47. The average molecular weight is 294 g/mol. The van der Waals surface area contributed by atoms with Crippen LogP contribution >= 0.6 is 0 Å². The number of hydrogen-bond acceptors (Lipinski definition) is 3. The number of carboxylic acid groups (broad SMARTS) is 1. The van der Waals surface area contributed by atoms with Gasteiger partial charge in [-0.3, -0.25) is 0 Å². The number of ether oxygens (including phenoxy) is 2. The van der Waals surface area contributed by atoms with Gasteiger partial charge in [-0.05, 0) is 30.3 Å². The van der Waals surface area contributed by atoms with Gasteiger partial charge in [0.2, 0.25) is 0 Å². The Hall–Kier alpha value is -2.63. The molecule has 2 aromatic carbocycles. The highest BCUT2D eigenvalue weighted by Crippen LogP contribution is 2.24. The summed E-state index contributed by atoms with van der Waals surface area (Å²) >= 11 is 0. The number of carbonyl (C=O) groups is 1. The number of rotatable bonds is 5. The summed E-state index contributed by atoms with van der Waals surface area (Å²) in [5.41, 5.74) is 0.509. The number of benzene rings is 2. The van der Waals surface area contributed by atoms with Crippen molar-refractivity contribution in [1.29, 1.82) is 0 Å². The van der Waals surface area contributed by atoms with E-state index >= 15 is 0 Å². The second-order valence-electron chi connectivity index (χ2n) is 4.20. The molecule has 0 bridgehead atoms. The number of hydrogen-bond donors (Lipinski definition) is 1. The lowest BCUT2D eigenvalue weighted by molar-refractivity contribution is 0.0696. The Bertz CT molecular complexity index is 671. The lowest BCUT2D eigenvalue weighted by atomic mass is 10.1. The minimum absolute atomic E-state index is 0.0639. The maximum Gasteiger partial charge on any atom is 0.335 e. The SMILES string of the molecule is COc1ccc(C(=O)O)cc1COc1ccc(F)cc1F. The largest absolute Gasteiger partial charge is 0.496 e. The molecule has 0 unspecified atom stereocenters. The second-order valence-corrected chi connectivity index (χ2v) is 4.20. The molecule has 0 aromatic heterocycles. The summed E-state index contributed by atoms with van der Waals surface area (Å²) in [7, 11) is 1.43. The van der Waals surface area contributed by atoms with Crippen molar-refractivity contribution in [3.63, 3.8) is 0 Å². The number of methoxy groups -OCH3 is 1. The van der Waals surface area contributed by atoms with E-state index in [-0.39, 0.29) is 17.9 Å². The standard InChI is InChI=1S/C15H12F2O4/c1-20-13-4-2-9(15(18)19)6-10(13)8-21-14-5-3-11(16)7-12(14)17/h2-7H,8H2,1H3,(H,18,19). The molecule has 0 saturated heterocycles. The van der Waals surface area contributed by atoms with E-state index in [1.54, 1.807) is 0 Å². The maximum atomic E-state index is 13.5. The van der Waals surface area contributed by atoms with Crippen LogP contribution in [0.4, 0.5) is 8.78 Å². The Balaban J connectivity index is 2.22. The number of halogens is 2. The zero-order valence-corrected chi connectivity index (χ0v) is 11.1. The monoisotopic (exact) mass is 294 g/mol. The molecule has 0 heterocycles. The zero-order chi connectivity index (χ0) is 15.4. The van der Waals surface area contributed by atoms with E-state index in [1.165, 1.54) is 25.3 Å². The molecule has 0 fully saturated rings. The van der Waals surface area contributed by atoms with Crippen LogP contribution in [-0.4, -0.2) is 18.2 Å². The van der Waals surface area contributed by atoms with Gasteiger partial charge >= 0.3 is 5.97 Å². The molecule has 0 aliphatic rings. The van der Waals surface area contributed by atoms with E-state index in [1.807, 2.05) is 0 Å².